The largest absolute Gasteiger partial charge is 0.468 e. The molecule has 4 heteroatoms. The van der Waals surface area contributed by atoms with Gasteiger partial charge in [0.2, 0.25) is 0 Å². The van der Waals surface area contributed by atoms with Crippen LogP contribution in [0.15, 0.2) is 0 Å². The van der Waals surface area contributed by atoms with E-state index in [1.165, 1.54) is 12.9 Å². The van der Waals surface area contributed by atoms with Gasteiger partial charge >= 0.3 is 5.97 Å². The van der Waals surface area contributed by atoms with Crippen molar-refractivity contribution in [3.63, 3.8) is 0 Å². The number of thioether (sulfide) groups is 1. The number of carbonyl (C=O) groups is 1. The Morgan fingerprint density at radius 1 is 1.69 bits per heavy atom. The van der Waals surface area contributed by atoms with Crippen LogP contribution in [0.3, 0.4) is 0 Å². The van der Waals surface area contributed by atoms with Gasteiger partial charge in [-0.15, -0.1) is 0 Å². The van der Waals surface area contributed by atoms with E-state index in [2.05, 4.69) is 16.6 Å². The molecule has 0 N–H and O–H groups in total. The molecule has 1 unspecified atom stereocenters. The van der Waals surface area contributed by atoms with Crippen molar-refractivity contribution in [2.75, 3.05) is 38.2 Å². The molecule has 0 spiro atoms. The highest BCUT2D eigenvalue weighted by Gasteiger charge is 2.17. The fraction of sp³-hybridized carbons (Fsp3) is 0.889. The van der Waals surface area contributed by atoms with Crippen molar-refractivity contribution >= 4 is 17.7 Å². The van der Waals surface area contributed by atoms with Crippen LogP contribution < -0.4 is 0 Å². The SMILES string of the molecule is COC(=O)CN1CCSCC(C)C1. The molecule has 0 aromatic heterocycles. The van der Waals surface area contributed by atoms with Crippen molar-refractivity contribution in [2.24, 2.45) is 5.92 Å². The first-order valence-electron chi connectivity index (χ1n) is 4.59. The summed E-state index contributed by atoms with van der Waals surface area (Å²) in [5, 5.41) is 0. The highest BCUT2D eigenvalue weighted by Crippen LogP contribution is 2.14. The van der Waals surface area contributed by atoms with E-state index in [1.54, 1.807) is 0 Å². The van der Waals surface area contributed by atoms with Crippen molar-refractivity contribution in [3.05, 3.63) is 0 Å². The molecule has 0 bridgehead atoms. The predicted molar refractivity (Wildman–Crippen MR) is 54.9 cm³/mol. The molecule has 0 amide bonds. The smallest absolute Gasteiger partial charge is 0.319 e. The molecule has 1 aliphatic rings. The van der Waals surface area contributed by atoms with Gasteiger partial charge in [0.25, 0.3) is 0 Å². The number of hydrogen-bond donors (Lipinski definition) is 0. The molecular weight excluding hydrogens is 186 g/mol. The summed E-state index contributed by atoms with van der Waals surface area (Å²) in [6.45, 7) is 4.69. The first-order chi connectivity index (χ1) is 6.22. The number of ether oxygens (including phenoxy) is 1. The Morgan fingerprint density at radius 2 is 2.46 bits per heavy atom. The van der Waals surface area contributed by atoms with Gasteiger partial charge in [-0.25, -0.2) is 0 Å². The molecule has 1 fully saturated rings. The summed E-state index contributed by atoms with van der Waals surface area (Å²) < 4.78 is 4.64. The fourth-order valence-electron chi connectivity index (χ4n) is 1.45. The molecule has 13 heavy (non-hydrogen) atoms. The quantitative estimate of drug-likeness (QED) is 0.622. The number of hydrogen-bond acceptors (Lipinski definition) is 4. The summed E-state index contributed by atoms with van der Waals surface area (Å²) in [5.74, 6) is 2.88. The molecule has 0 aromatic rings. The summed E-state index contributed by atoms with van der Waals surface area (Å²) in [6.07, 6.45) is 0. The lowest BCUT2D eigenvalue weighted by molar-refractivity contribution is -0.141. The Balaban J connectivity index is 2.34. The fourth-order valence-corrected chi connectivity index (χ4v) is 2.52. The molecular formula is C9H17NO2S. The second-order valence-corrected chi connectivity index (χ2v) is 4.64. The van der Waals surface area contributed by atoms with Crippen LogP contribution in [0, 0.1) is 5.92 Å². The van der Waals surface area contributed by atoms with Crippen LogP contribution in [0.2, 0.25) is 0 Å². The van der Waals surface area contributed by atoms with Crippen molar-refractivity contribution in [2.45, 2.75) is 6.92 Å². The molecule has 1 rings (SSSR count). The second-order valence-electron chi connectivity index (χ2n) is 3.49. The third-order valence-corrected chi connectivity index (χ3v) is 3.38. The van der Waals surface area contributed by atoms with E-state index in [-0.39, 0.29) is 5.97 Å². The molecule has 0 radical (unpaired) electrons. The van der Waals surface area contributed by atoms with Crippen molar-refractivity contribution in [1.29, 1.82) is 0 Å². The van der Waals surface area contributed by atoms with Gasteiger partial charge < -0.3 is 4.74 Å². The number of carbonyl (C=O) groups excluding carboxylic acids is 1. The summed E-state index contributed by atoms with van der Waals surface area (Å²) in [4.78, 5) is 13.2. The first kappa shape index (κ1) is 10.9. The Bertz CT molecular complexity index is 175. The summed E-state index contributed by atoms with van der Waals surface area (Å²) in [5.41, 5.74) is 0. The predicted octanol–water partition coefficient (Wildman–Crippen LogP) is 0.844. The highest BCUT2D eigenvalue weighted by molar-refractivity contribution is 7.99. The molecule has 1 aliphatic heterocycles. The normalized spacial score (nSPS) is 25.2. The molecule has 1 heterocycles. The number of nitrogens with zero attached hydrogens (tertiary/aromatic N) is 1. The topological polar surface area (TPSA) is 29.5 Å². The van der Waals surface area contributed by atoms with Crippen LogP contribution in [0.1, 0.15) is 6.92 Å². The lowest BCUT2D eigenvalue weighted by atomic mass is 10.2. The van der Waals surface area contributed by atoms with Gasteiger partial charge in [0.1, 0.15) is 0 Å². The van der Waals surface area contributed by atoms with Gasteiger partial charge in [-0.05, 0) is 11.7 Å². The van der Waals surface area contributed by atoms with E-state index in [0.717, 1.165) is 18.8 Å². The molecule has 0 aromatic carbocycles. The van der Waals surface area contributed by atoms with Crippen molar-refractivity contribution < 1.29 is 9.53 Å². The van der Waals surface area contributed by atoms with Gasteiger partial charge in [0, 0.05) is 18.8 Å². The maximum atomic E-state index is 11.0. The number of methoxy groups -OCH3 is 1. The van der Waals surface area contributed by atoms with Crippen LogP contribution >= 0.6 is 11.8 Å². The van der Waals surface area contributed by atoms with E-state index in [9.17, 15) is 4.79 Å². The highest BCUT2D eigenvalue weighted by atomic mass is 32.2. The minimum absolute atomic E-state index is 0.126. The average molecular weight is 203 g/mol. The molecule has 76 valence electrons. The molecule has 3 nitrogen and oxygen atoms in total. The second kappa shape index (κ2) is 5.50. The summed E-state index contributed by atoms with van der Waals surface area (Å²) >= 11 is 1.97. The van der Waals surface area contributed by atoms with Gasteiger partial charge in [0.15, 0.2) is 0 Å². The zero-order valence-corrected chi connectivity index (χ0v) is 9.10. The third kappa shape index (κ3) is 4.00. The molecule has 1 atom stereocenters. The third-order valence-electron chi connectivity index (χ3n) is 2.10. The Hall–Kier alpha value is -0.220. The van der Waals surface area contributed by atoms with Gasteiger partial charge in [-0.1, -0.05) is 6.92 Å². The average Bonchev–Trinajstić information content (AvgIpc) is 2.30. The minimum Gasteiger partial charge on any atom is -0.468 e. The standard InChI is InChI=1S/C9H17NO2S/c1-8-5-10(3-4-13-7-8)6-9(11)12-2/h8H,3-7H2,1-2H3. The van der Waals surface area contributed by atoms with Crippen LogP contribution in [0.4, 0.5) is 0 Å². The maximum Gasteiger partial charge on any atom is 0.319 e. The molecule has 0 saturated carbocycles. The minimum atomic E-state index is -0.126. The van der Waals surface area contributed by atoms with Crippen molar-refractivity contribution in [1.82, 2.24) is 4.90 Å². The Morgan fingerprint density at radius 3 is 3.15 bits per heavy atom. The lowest BCUT2D eigenvalue weighted by Crippen LogP contribution is -2.34. The summed E-state index contributed by atoms with van der Waals surface area (Å²) in [6, 6.07) is 0. The van der Waals surface area contributed by atoms with Crippen LogP contribution in [-0.2, 0) is 9.53 Å². The lowest BCUT2D eigenvalue weighted by Gasteiger charge is -2.20. The van der Waals surface area contributed by atoms with E-state index in [0.29, 0.717) is 12.5 Å². The van der Waals surface area contributed by atoms with Crippen LogP contribution in [0.25, 0.3) is 0 Å². The van der Waals surface area contributed by atoms with E-state index >= 15 is 0 Å². The molecule has 1 saturated heterocycles. The monoisotopic (exact) mass is 203 g/mol. The number of rotatable bonds is 2. The van der Waals surface area contributed by atoms with Crippen LogP contribution in [0.5, 0.6) is 0 Å². The zero-order chi connectivity index (χ0) is 9.68. The van der Waals surface area contributed by atoms with Gasteiger partial charge in [-0.3, -0.25) is 9.69 Å². The van der Waals surface area contributed by atoms with Gasteiger partial charge in [0.05, 0.1) is 13.7 Å². The van der Waals surface area contributed by atoms with Gasteiger partial charge in [-0.2, -0.15) is 11.8 Å². The van der Waals surface area contributed by atoms with E-state index in [4.69, 9.17) is 0 Å². The maximum absolute atomic E-state index is 11.0. The summed E-state index contributed by atoms with van der Waals surface area (Å²) in [7, 11) is 1.44. The number of esters is 1. The Labute approximate surface area is 83.8 Å². The van der Waals surface area contributed by atoms with Crippen molar-refractivity contribution in [3.8, 4) is 0 Å². The Kier molecular flexibility index (Phi) is 4.59. The van der Waals surface area contributed by atoms with E-state index < -0.39 is 0 Å². The molecule has 0 aliphatic carbocycles. The first-order valence-corrected chi connectivity index (χ1v) is 5.74. The van der Waals surface area contributed by atoms with E-state index in [1.807, 2.05) is 11.8 Å². The van der Waals surface area contributed by atoms with Crippen LogP contribution in [-0.4, -0.2) is 49.1 Å². The zero-order valence-electron chi connectivity index (χ0n) is 8.28.